The Bertz CT molecular complexity index is 1250. The highest BCUT2D eigenvalue weighted by atomic mass is 79.9. The van der Waals surface area contributed by atoms with Gasteiger partial charge in [0, 0.05) is 22.6 Å². The molecule has 1 aromatic heterocycles. The monoisotopic (exact) mass is 510 g/mol. The molecule has 3 N–H and O–H groups in total. The summed E-state index contributed by atoms with van der Waals surface area (Å²) in [4.78, 5) is 14.3. The molecule has 3 aromatic rings. The Balaban J connectivity index is 1.57. The van der Waals surface area contributed by atoms with Gasteiger partial charge in [-0.05, 0) is 64.2 Å². The van der Waals surface area contributed by atoms with Gasteiger partial charge >= 0.3 is 0 Å². The highest BCUT2D eigenvalue weighted by Crippen LogP contribution is 2.49. The predicted octanol–water partition coefficient (Wildman–Crippen LogP) is 7.23. The molecular weight excluding hydrogens is 488 g/mol. The van der Waals surface area contributed by atoms with E-state index in [1.165, 1.54) is 11.3 Å². The number of rotatable bonds is 3. The zero-order valence-corrected chi connectivity index (χ0v) is 20.1. The lowest BCUT2D eigenvalue weighted by molar-refractivity contribution is -0.118. The number of allylic oxidation sites excluding steroid dienone is 1. The standard InChI is InChI=1S/C25H23BrN2O3S/c1-25(2)12-16-22(18(30)13-25)24(27-15-7-5-8-17(29)23(15)28-16)20-10-11-21(32-20)31-19-9-4-3-6-14(19)26/h3-11,24,27-29H,12-13H2,1-2H3. The van der Waals surface area contributed by atoms with Crippen LogP contribution in [0.4, 0.5) is 11.4 Å². The van der Waals surface area contributed by atoms with E-state index in [4.69, 9.17) is 4.74 Å². The number of thiophene rings is 1. The smallest absolute Gasteiger partial charge is 0.181 e. The van der Waals surface area contributed by atoms with E-state index in [0.717, 1.165) is 43.5 Å². The lowest BCUT2D eigenvalue weighted by atomic mass is 9.74. The fourth-order valence-corrected chi connectivity index (χ4v) is 5.64. The van der Waals surface area contributed by atoms with Crippen LogP contribution in [0, 0.1) is 5.41 Å². The minimum atomic E-state index is -0.328. The fourth-order valence-electron chi connectivity index (χ4n) is 4.35. The number of carbonyl (C=O) groups excluding carboxylic acids is 1. The van der Waals surface area contributed by atoms with Crippen LogP contribution in [-0.2, 0) is 4.79 Å². The predicted molar refractivity (Wildman–Crippen MR) is 132 cm³/mol. The maximum atomic E-state index is 13.3. The number of fused-ring (bicyclic) bond motifs is 1. The Hall–Kier alpha value is -2.77. The van der Waals surface area contributed by atoms with Gasteiger partial charge < -0.3 is 20.5 Å². The summed E-state index contributed by atoms with van der Waals surface area (Å²) in [5.74, 6) is 1.01. The normalized spacial score (nSPS) is 19.3. The first-order valence-electron chi connectivity index (χ1n) is 10.4. The highest BCUT2D eigenvalue weighted by Gasteiger charge is 2.39. The molecule has 0 saturated heterocycles. The molecule has 0 radical (unpaired) electrons. The van der Waals surface area contributed by atoms with Crippen molar-refractivity contribution in [2.75, 3.05) is 10.6 Å². The fraction of sp³-hybridized carbons (Fsp3) is 0.240. The van der Waals surface area contributed by atoms with Gasteiger partial charge in [0.25, 0.3) is 0 Å². The minimum absolute atomic E-state index is 0.121. The Labute approximate surface area is 199 Å². The molecule has 0 saturated carbocycles. The number of nitrogens with one attached hydrogen (secondary N) is 2. The van der Waals surface area contributed by atoms with Crippen molar-refractivity contribution in [3.63, 3.8) is 0 Å². The second kappa shape index (κ2) is 7.98. The lowest BCUT2D eigenvalue weighted by Gasteiger charge is -2.33. The van der Waals surface area contributed by atoms with Gasteiger partial charge in [-0.1, -0.05) is 32.0 Å². The van der Waals surface area contributed by atoms with Crippen LogP contribution in [0.15, 0.2) is 70.3 Å². The van der Waals surface area contributed by atoms with Crippen LogP contribution in [0.3, 0.4) is 0 Å². The summed E-state index contributed by atoms with van der Waals surface area (Å²) in [5.41, 5.74) is 2.82. The molecule has 0 fully saturated rings. The summed E-state index contributed by atoms with van der Waals surface area (Å²) in [5, 5.41) is 18.1. The van der Waals surface area contributed by atoms with Crippen molar-refractivity contribution in [1.29, 1.82) is 0 Å². The van der Waals surface area contributed by atoms with E-state index >= 15 is 0 Å². The van der Waals surface area contributed by atoms with E-state index in [2.05, 4.69) is 40.4 Å². The van der Waals surface area contributed by atoms with Crippen LogP contribution in [-0.4, -0.2) is 10.9 Å². The quantitative estimate of drug-likeness (QED) is 0.324. The molecule has 5 rings (SSSR count). The van der Waals surface area contributed by atoms with E-state index in [1.54, 1.807) is 12.1 Å². The number of halogens is 1. The molecule has 2 heterocycles. The van der Waals surface area contributed by atoms with Gasteiger partial charge in [-0.2, -0.15) is 0 Å². The van der Waals surface area contributed by atoms with Crippen LogP contribution in [0.25, 0.3) is 0 Å². The number of phenolic OH excluding ortho intramolecular Hbond substituents is 1. The first-order chi connectivity index (χ1) is 15.3. The van der Waals surface area contributed by atoms with Gasteiger partial charge in [0.05, 0.1) is 16.2 Å². The number of phenols is 1. The second-order valence-electron chi connectivity index (χ2n) is 8.92. The molecule has 1 atom stereocenters. The summed E-state index contributed by atoms with van der Waals surface area (Å²) in [6, 6.07) is 16.7. The van der Waals surface area contributed by atoms with E-state index in [1.807, 2.05) is 42.5 Å². The van der Waals surface area contributed by atoms with Crippen molar-refractivity contribution in [3.8, 4) is 16.6 Å². The lowest BCUT2D eigenvalue weighted by Crippen LogP contribution is -2.31. The van der Waals surface area contributed by atoms with Crippen molar-refractivity contribution < 1.29 is 14.6 Å². The molecule has 0 amide bonds. The van der Waals surface area contributed by atoms with Crippen LogP contribution < -0.4 is 15.4 Å². The Kier molecular flexibility index (Phi) is 5.26. The number of Topliss-reactive ketones (excluding diaryl/α,β-unsaturated/α-hetero) is 1. The second-order valence-corrected chi connectivity index (χ2v) is 10.9. The molecule has 164 valence electrons. The van der Waals surface area contributed by atoms with E-state index < -0.39 is 0 Å². The van der Waals surface area contributed by atoms with Gasteiger partial charge in [-0.25, -0.2) is 0 Å². The molecule has 7 heteroatoms. The number of aromatic hydroxyl groups is 1. The highest BCUT2D eigenvalue weighted by molar-refractivity contribution is 9.10. The van der Waals surface area contributed by atoms with Gasteiger partial charge in [0.15, 0.2) is 10.8 Å². The van der Waals surface area contributed by atoms with E-state index in [9.17, 15) is 9.90 Å². The molecule has 2 aliphatic rings. The summed E-state index contributed by atoms with van der Waals surface area (Å²) < 4.78 is 6.96. The third kappa shape index (κ3) is 3.91. The van der Waals surface area contributed by atoms with Crippen molar-refractivity contribution in [1.82, 2.24) is 0 Å². The molecule has 32 heavy (non-hydrogen) atoms. The molecular formula is C25H23BrN2O3S. The topological polar surface area (TPSA) is 70.6 Å². The largest absolute Gasteiger partial charge is 0.506 e. The molecule has 1 unspecified atom stereocenters. The Morgan fingerprint density at radius 1 is 1.09 bits per heavy atom. The molecule has 2 aromatic carbocycles. The zero-order valence-electron chi connectivity index (χ0n) is 17.7. The van der Waals surface area contributed by atoms with Crippen LogP contribution in [0.2, 0.25) is 0 Å². The van der Waals surface area contributed by atoms with Crippen LogP contribution in [0.5, 0.6) is 16.6 Å². The van der Waals surface area contributed by atoms with Gasteiger partial charge in [-0.3, -0.25) is 4.79 Å². The molecule has 0 bridgehead atoms. The van der Waals surface area contributed by atoms with Crippen LogP contribution >= 0.6 is 27.3 Å². The summed E-state index contributed by atoms with van der Waals surface area (Å²) in [6.07, 6.45) is 1.21. The van der Waals surface area contributed by atoms with Gasteiger partial charge in [0.1, 0.15) is 17.2 Å². The van der Waals surface area contributed by atoms with Crippen molar-refractivity contribution in [2.45, 2.75) is 32.7 Å². The zero-order chi connectivity index (χ0) is 22.5. The average Bonchev–Trinajstić information content (AvgIpc) is 3.11. The van der Waals surface area contributed by atoms with Crippen molar-refractivity contribution >= 4 is 44.4 Å². The number of para-hydroxylation sites is 2. The number of benzene rings is 2. The first-order valence-corrected chi connectivity index (χ1v) is 12.1. The molecule has 1 aliphatic carbocycles. The number of carbonyl (C=O) groups is 1. The van der Waals surface area contributed by atoms with Crippen molar-refractivity contribution in [2.24, 2.45) is 5.41 Å². The summed E-state index contributed by atoms with van der Waals surface area (Å²) in [6.45, 7) is 4.20. The number of hydrogen-bond donors (Lipinski definition) is 3. The average molecular weight is 511 g/mol. The summed E-state index contributed by atoms with van der Waals surface area (Å²) in [7, 11) is 0. The maximum absolute atomic E-state index is 13.3. The van der Waals surface area contributed by atoms with E-state index in [-0.39, 0.29) is 23.0 Å². The molecule has 0 spiro atoms. The molecule has 5 nitrogen and oxygen atoms in total. The maximum Gasteiger partial charge on any atom is 0.181 e. The summed E-state index contributed by atoms with van der Waals surface area (Å²) >= 11 is 5.03. The number of hydrogen-bond acceptors (Lipinski definition) is 6. The first kappa shape index (κ1) is 21.1. The minimum Gasteiger partial charge on any atom is -0.506 e. The van der Waals surface area contributed by atoms with Gasteiger partial charge in [0.2, 0.25) is 0 Å². The number of ketones is 1. The third-order valence-corrected chi connectivity index (χ3v) is 7.44. The Morgan fingerprint density at radius 3 is 2.72 bits per heavy atom. The number of ether oxygens (including phenoxy) is 1. The van der Waals surface area contributed by atoms with Crippen LogP contribution in [0.1, 0.15) is 37.6 Å². The molecule has 1 aliphatic heterocycles. The number of anilines is 2. The SMILES string of the molecule is CC1(C)CC(=O)C2=C(C1)Nc1c(O)cccc1NC2c1ccc(Oc2ccccc2Br)s1. The Morgan fingerprint density at radius 2 is 1.91 bits per heavy atom. The van der Waals surface area contributed by atoms with Gasteiger partial charge in [-0.15, -0.1) is 11.3 Å². The van der Waals surface area contributed by atoms with E-state index in [0.29, 0.717) is 12.1 Å². The van der Waals surface area contributed by atoms with Crippen molar-refractivity contribution in [3.05, 3.63) is 75.2 Å². The third-order valence-electron chi connectivity index (χ3n) is 5.76.